The predicted molar refractivity (Wildman–Crippen MR) is 74.6 cm³/mol. The lowest BCUT2D eigenvalue weighted by Crippen LogP contribution is -2.22. The average Bonchev–Trinajstić information content (AvgIpc) is 2.47. The van der Waals surface area contributed by atoms with E-state index in [2.05, 4.69) is 10.3 Å². The summed E-state index contributed by atoms with van der Waals surface area (Å²) in [5.41, 5.74) is 1.82. The summed E-state index contributed by atoms with van der Waals surface area (Å²) in [7, 11) is 0. The molecule has 1 heterocycles. The molecule has 0 saturated carbocycles. The van der Waals surface area contributed by atoms with Gasteiger partial charge in [-0.15, -0.1) is 0 Å². The number of nitrogens with one attached hydrogen (secondary N) is 1. The van der Waals surface area contributed by atoms with E-state index in [4.69, 9.17) is 0 Å². The Morgan fingerprint density at radius 1 is 1.30 bits per heavy atom. The zero-order valence-electron chi connectivity index (χ0n) is 11.0. The van der Waals surface area contributed by atoms with Gasteiger partial charge in [-0.3, -0.25) is 9.78 Å². The van der Waals surface area contributed by atoms with Crippen LogP contribution in [-0.4, -0.2) is 28.5 Å². The van der Waals surface area contributed by atoms with Crippen LogP contribution in [0.3, 0.4) is 0 Å². The Balaban J connectivity index is 2.46. The van der Waals surface area contributed by atoms with E-state index < -0.39 is 5.97 Å². The first-order valence-corrected chi connectivity index (χ1v) is 6.19. The van der Waals surface area contributed by atoms with Crippen LogP contribution < -0.4 is 5.32 Å². The lowest BCUT2D eigenvalue weighted by molar-refractivity contribution is 0.0697. The number of amides is 1. The minimum Gasteiger partial charge on any atom is -0.478 e. The van der Waals surface area contributed by atoms with Crippen LogP contribution in [0.1, 0.15) is 27.6 Å². The van der Waals surface area contributed by atoms with E-state index in [0.717, 1.165) is 0 Å². The first-order chi connectivity index (χ1) is 9.63. The number of hydrogen-bond acceptors (Lipinski definition) is 3. The largest absolute Gasteiger partial charge is 0.478 e. The summed E-state index contributed by atoms with van der Waals surface area (Å²) in [6.07, 6.45) is 2.83. The number of carbonyl (C=O) groups excluding carboxylic acids is 1. The molecule has 0 spiro atoms. The number of hydrogen-bond donors (Lipinski definition) is 2. The van der Waals surface area contributed by atoms with Crippen molar-refractivity contribution >= 4 is 11.9 Å². The molecule has 20 heavy (non-hydrogen) atoms. The summed E-state index contributed by atoms with van der Waals surface area (Å²) in [5, 5.41) is 11.9. The molecule has 2 N–H and O–H groups in total. The SMILES string of the molecule is CCNC(=O)c1cccc(-c2ccncc2C(=O)O)c1. The van der Waals surface area contributed by atoms with E-state index in [-0.39, 0.29) is 11.5 Å². The van der Waals surface area contributed by atoms with Crippen molar-refractivity contribution in [3.8, 4) is 11.1 Å². The van der Waals surface area contributed by atoms with Crippen molar-refractivity contribution in [1.29, 1.82) is 0 Å². The van der Waals surface area contributed by atoms with Crippen LogP contribution in [0.25, 0.3) is 11.1 Å². The second-order valence-corrected chi connectivity index (χ2v) is 4.17. The number of aromatic nitrogens is 1. The molecule has 0 aliphatic carbocycles. The monoisotopic (exact) mass is 270 g/mol. The molecular formula is C15H14N2O3. The third kappa shape index (κ3) is 2.83. The molecule has 1 amide bonds. The lowest BCUT2D eigenvalue weighted by atomic mass is 9.99. The molecule has 1 aromatic heterocycles. The second kappa shape index (κ2) is 5.97. The topological polar surface area (TPSA) is 79.3 Å². The number of nitrogens with zero attached hydrogens (tertiary/aromatic N) is 1. The standard InChI is InChI=1S/C15H14N2O3/c1-2-17-14(18)11-5-3-4-10(8-11)12-6-7-16-9-13(12)15(19)20/h3-9H,2H2,1H3,(H,17,18)(H,19,20). The Kier molecular flexibility index (Phi) is 4.10. The van der Waals surface area contributed by atoms with Crippen LogP contribution in [0.5, 0.6) is 0 Å². The van der Waals surface area contributed by atoms with E-state index in [9.17, 15) is 14.7 Å². The van der Waals surface area contributed by atoms with Crippen molar-refractivity contribution in [2.75, 3.05) is 6.54 Å². The highest BCUT2D eigenvalue weighted by Gasteiger charge is 2.13. The van der Waals surface area contributed by atoms with Crippen LogP contribution in [0, 0.1) is 0 Å². The average molecular weight is 270 g/mol. The molecule has 0 radical (unpaired) electrons. The zero-order valence-corrected chi connectivity index (χ0v) is 11.0. The molecule has 5 nitrogen and oxygen atoms in total. The third-order valence-corrected chi connectivity index (χ3v) is 2.82. The van der Waals surface area contributed by atoms with Crippen molar-refractivity contribution < 1.29 is 14.7 Å². The Labute approximate surface area is 116 Å². The molecule has 5 heteroatoms. The first kappa shape index (κ1) is 13.7. The first-order valence-electron chi connectivity index (χ1n) is 6.19. The van der Waals surface area contributed by atoms with Crippen LogP contribution >= 0.6 is 0 Å². The molecule has 0 unspecified atom stereocenters. The molecule has 2 rings (SSSR count). The summed E-state index contributed by atoms with van der Waals surface area (Å²) in [5.74, 6) is -1.23. The molecule has 0 fully saturated rings. The Morgan fingerprint density at radius 2 is 2.10 bits per heavy atom. The molecule has 0 aliphatic rings. The summed E-state index contributed by atoms with van der Waals surface area (Å²) >= 11 is 0. The molecular weight excluding hydrogens is 256 g/mol. The van der Waals surface area contributed by atoms with Gasteiger partial charge in [0.05, 0.1) is 5.56 Å². The highest BCUT2D eigenvalue weighted by molar-refractivity contribution is 5.98. The second-order valence-electron chi connectivity index (χ2n) is 4.17. The van der Waals surface area contributed by atoms with Crippen LogP contribution in [0.2, 0.25) is 0 Å². The van der Waals surface area contributed by atoms with Crippen LogP contribution in [-0.2, 0) is 0 Å². The van der Waals surface area contributed by atoms with E-state index in [0.29, 0.717) is 23.2 Å². The summed E-state index contributed by atoms with van der Waals surface area (Å²) in [6, 6.07) is 8.49. The van der Waals surface area contributed by atoms with Gasteiger partial charge in [0.1, 0.15) is 0 Å². The van der Waals surface area contributed by atoms with Crippen LogP contribution in [0.15, 0.2) is 42.7 Å². The smallest absolute Gasteiger partial charge is 0.337 e. The Hall–Kier alpha value is -2.69. The van der Waals surface area contributed by atoms with E-state index in [1.807, 2.05) is 6.92 Å². The van der Waals surface area contributed by atoms with Gasteiger partial charge in [0.25, 0.3) is 5.91 Å². The van der Waals surface area contributed by atoms with Crippen molar-refractivity contribution in [1.82, 2.24) is 10.3 Å². The quantitative estimate of drug-likeness (QED) is 0.892. The maximum absolute atomic E-state index is 11.8. The van der Waals surface area contributed by atoms with Gasteiger partial charge in [-0.2, -0.15) is 0 Å². The number of aromatic carboxylic acids is 1. The zero-order chi connectivity index (χ0) is 14.5. The van der Waals surface area contributed by atoms with Gasteiger partial charge >= 0.3 is 5.97 Å². The molecule has 2 aromatic rings. The van der Waals surface area contributed by atoms with Gasteiger partial charge in [-0.1, -0.05) is 12.1 Å². The van der Waals surface area contributed by atoms with Crippen molar-refractivity contribution in [3.05, 3.63) is 53.9 Å². The maximum atomic E-state index is 11.8. The molecule has 0 bridgehead atoms. The van der Waals surface area contributed by atoms with Crippen molar-refractivity contribution in [2.24, 2.45) is 0 Å². The molecule has 0 aliphatic heterocycles. The fourth-order valence-corrected chi connectivity index (χ4v) is 1.91. The fraction of sp³-hybridized carbons (Fsp3) is 0.133. The number of carboxylic acid groups (broad SMARTS) is 1. The molecule has 0 atom stereocenters. The highest BCUT2D eigenvalue weighted by Crippen LogP contribution is 2.23. The van der Waals surface area contributed by atoms with Gasteiger partial charge in [0, 0.05) is 24.5 Å². The Morgan fingerprint density at radius 3 is 2.80 bits per heavy atom. The molecule has 0 saturated heterocycles. The van der Waals surface area contributed by atoms with Gasteiger partial charge in [-0.05, 0) is 36.2 Å². The number of pyridine rings is 1. The van der Waals surface area contributed by atoms with Gasteiger partial charge in [0.2, 0.25) is 0 Å². The van der Waals surface area contributed by atoms with Crippen LogP contribution in [0.4, 0.5) is 0 Å². The number of carboxylic acids is 1. The number of benzene rings is 1. The molecule has 102 valence electrons. The lowest BCUT2D eigenvalue weighted by Gasteiger charge is -2.08. The Bertz CT molecular complexity index is 653. The van der Waals surface area contributed by atoms with E-state index in [1.165, 1.54) is 12.4 Å². The van der Waals surface area contributed by atoms with E-state index in [1.54, 1.807) is 30.3 Å². The fourth-order valence-electron chi connectivity index (χ4n) is 1.91. The minimum absolute atomic E-state index is 0.112. The minimum atomic E-state index is -1.04. The predicted octanol–water partition coefficient (Wildman–Crippen LogP) is 2.20. The van der Waals surface area contributed by atoms with E-state index >= 15 is 0 Å². The van der Waals surface area contributed by atoms with Crippen molar-refractivity contribution in [2.45, 2.75) is 6.92 Å². The summed E-state index contributed by atoms with van der Waals surface area (Å²) in [6.45, 7) is 2.38. The summed E-state index contributed by atoms with van der Waals surface area (Å²) in [4.78, 5) is 26.8. The maximum Gasteiger partial charge on any atom is 0.337 e. The summed E-state index contributed by atoms with van der Waals surface area (Å²) < 4.78 is 0. The highest BCUT2D eigenvalue weighted by atomic mass is 16.4. The number of carbonyl (C=O) groups is 2. The normalized spacial score (nSPS) is 10.1. The van der Waals surface area contributed by atoms with Gasteiger partial charge < -0.3 is 10.4 Å². The van der Waals surface area contributed by atoms with Gasteiger partial charge in [-0.25, -0.2) is 4.79 Å². The molecule has 1 aromatic carbocycles. The van der Waals surface area contributed by atoms with Crippen molar-refractivity contribution in [3.63, 3.8) is 0 Å². The number of rotatable bonds is 4. The van der Waals surface area contributed by atoms with Gasteiger partial charge in [0.15, 0.2) is 0 Å². The third-order valence-electron chi connectivity index (χ3n) is 2.82.